The first-order valence-electron chi connectivity index (χ1n) is 4.49. The van der Waals surface area contributed by atoms with E-state index >= 15 is 0 Å². The lowest BCUT2D eigenvalue weighted by Gasteiger charge is -2.07. The van der Waals surface area contributed by atoms with Gasteiger partial charge in [0, 0.05) is 12.3 Å². The number of halogens is 2. The lowest BCUT2D eigenvalue weighted by molar-refractivity contribution is 0.480. The van der Waals surface area contributed by atoms with E-state index in [0.29, 0.717) is 17.3 Å². The molecule has 0 spiro atoms. The number of aromatic nitrogens is 1. The predicted molar refractivity (Wildman–Crippen MR) is 60.1 cm³/mol. The highest BCUT2D eigenvalue weighted by molar-refractivity contribution is 6.32. The highest BCUT2D eigenvalue weighted by Crippen LogP contribution is 2.29. The van der Waals surface area contributed by atoms with Crippen molar-refractivity contribution in [1.82, 2.24) is 4.98 Å². The van der Waals surface area contributed by atoms with Gasteiger partial charge in [0.05, 0.1) is 5.02 Å². The van der Waals surface area contributed by atoms with Crippen LogP contribution in [0.2, 0.25) is 5.02 Å². The summed E-state index contributed by atoms with van der Waals surface area (Å²) in [6, 6.07) is 7.09. The van der Waals surface area contributed by atoms with Gasteiger partial charge < -0.3 is 10.5 Å². The van der Waals surface area contributed by atoms with Crippen LogP contribution in [0.1, 0.15) is 0 Å². The summed E-state index contributed by atoms with van der Waals surface area (Å²) in [6.07, 6.45) is 1.52. The zero-order valence-electron chi connectivity index (χ0n) is 8.15. The van der Waals surface area contributed by atoms with E-state index in [9.17, 15) is 4.39 Å². The number of rotatable bonds is 2. The molecule has 0 amide bonds. The first-order chi connectivity index (χ1) is 7.65. The van der Waals surface area contributed by atoms with Gasteiger partial charge in [-0.15, -0.1) is 0 Å². The van der Waals surface area contributed by atoms with Crippen molar-refractivity contribution in [1.29, 1.82) is 0 Å². The third-order valence-electron chi connectivity index (χ3n) is 1.87. The molecule has 0 saturated heterocycles. The van der Waals surface area contributed by atoms with E-state index in [1.165, 1.54) is 24.4 Å². The molecule has 0 saturated carbocycles. The number of hydrogen-bond acceptors (Lipinski definition) is 3. The fraction of sp³-hybridized carbons (Fsp3) is 0. The molecule has 82 valence electrons. The molecule has 16 heavy (non-hydrogen) atoms. The summed E-state index contributed by atoms with van der Waals surface area (Å²) >= 11 is 5.81. The van der Waals surface area contributed by atoms with Crippen LogP contribution < -0.4 is 10.5 Å². The van der Waals surface area contributed by atoms with Crippen LogP contribution in [-0.4, -0.2) is 4.98 Å². The topological polar surface area (TPSA) is 48.1 Å². The second kappa shape index (κ2) is 4.37. The molecule has 2 N–H and O–H groups in total. The minimum Gasteiger partial charge on any atom is -0.456 e. The van der Waals surface area contributed by atoms with E-state index in [-0.39, 0.29) is 5.02 Å². The number of nitrogens with two attached hydrogens (primary N) is 1. The molecule has 0 fully saturated rings. The van der Waals surface area contributed by atoms with E-state index in [0.717, 1.165) is 0 Å². The van der Waals surface area contributed by atoms with Crippen LogP contribution in [0.25, 0.3) is 0 Å². The second-order valence-electron chi connectivity index (χ2n) is 3.09. The second-order valence-corrected chi connectivity index (χ2v) is 3.50. The van der Waals surface area contributed by atoms with Crippen molar-refractivity contribution in [2.75, 3.05) is 5.73 Å². The van der Waals surface area contributed by atoms with Gasteiger partial charge in [-0.1, -0.05) is 11.6 Å². The molecule has 0 aliphatic rings. The molecule has 0 unspecified atom stereocenters. The first kappa shape index (κ1) is 10.7. The Balaban J connectivity index is 2.27. The highest BCUT2D eigenvalue weighted by atomic mass is 35.5. The number of hydrogen-bond donors (Lipinski definition) is 1. The van der Waals surface area contributed by atoms with Crippen molar-refractivity contribution in [3.63, 3.8) is 0 Å². The zero-order valence-corrected chi connectivity index (χ0v) is 8.91. The lowest BCUT2D eigenvalue weighted by Crippen LogP contribution is -1.91. The molecular weight excluding hydrogens is 231 g/mol. The molecule has 3 nitrogen and oxygen atoms in total. The number of anilines is 1. The summed E-state index contributed by atoms with van der Waals surface area (Å²) in [5.41, 5.74) is 5.49. The molecular formula is C11H8ClFN2O. The predicted octanol–water partition coefficient (Wildman–Crippen LogP) is 3.25. The summed E-state index contributed by atoms with van der Waals surface area (Å²) < 4.78 is 18.2. The monoisotopic (exact) mass is 238 g/mol. The van der Waals surface area contributed by atoms with E-state index in [1.807, 2.05) is 0 Å². The van der Waals surface area contributed by atoms with Crippen LogP contribution in [0.5, 0.6) is 11.5 Å². The average molecular weight is 239 g/mol. The third-order valence-corrected chi connectivity index (χ3v) is 2.17. The smallest absolute Gasteiger partial charge is 0.146 e. The summed E-state index contributed by atoms with van der Waals surface area (Å²) in [5, 5.41) is 0.204. The number of ether oxygens (including phenoxy) is 1. The fourth-order valence-corrected chi connectivity index (χ4v) is 1.38. The van der Waals surface area contributed by atoms with Gasteiger partial charge in [0.25, 0.3) is 0 Å². The molecule has 1 heterocycles. The van der Waals surface area contributed by atoms with Gasteiger partial charge in [0.15, 0.2) is 0 Å². The number of nitrogens with zero attached hydrogens (tertiary/aromatic N) is 1. The van der Waals surface area contributed by atoms with Gasteiger partial charge in [-0.25, -0.2) is 9.37 Å². The molecule has 2 rings (SSSR count). The van der Waals surface area contributed by atoms with Crippen LogP contribution in [0.15, 0.2) is 36.5 Å². The number of benzene rings is 1. The maximum atomic E-state index is 12.8. The SMILES string of the molecule is Nc1cc(Oc2ccc(F)cc2Cl)ccn1. The minimum atomic E-state index is -0.411. The largest absolute Gasteiger partial charge is 0.456 e. The third kappa shape index (κ3) is 2.41. The van der Waals surface area contributed by atoms with Crippen molar-refractivity contribution in [2.24, 2.45) is 0 Å². The lowest BCUT2D eigenvalue weighted by atomic mass is 10.3. The molecule has 1 aromatic heterocycles. The van der Waals surface area contributed by atoms with Crippen molar-refractivity contribution in [3.05, 3.63) is 47.4 Å². The molecule has 0 aliphatic heterocycles. The Hall–Kier alpha value is -1.81. The minimum absolute atomic E-state index is 0.204. The molecule has 0 bridgehead atoms. The van der Waals surface area contributed by atoms with E-state index < -0.39 is 5.82 Å². The van der Waals surface area contributed by atoms with E-state index in [2.05, 4.69) is 4.98 Å². The molecule has 0 aliphatic carbocycles. The summed E-state index contributed by atoms with van der Waals surface area (Å²) in [4.78, 5) is 3.82. The van der Waals surface area contributed by atoms with Crippen molar-refractivity contribution in [3.8, 4) is 11.5 Å². The molecule has 0 atom stereocenters. The molecule has 5 heteroatoms. The Kier molecular flexibility index (Phi) is 2.92. The Labute approximate surface area is 96.6 Å². The molecule has 2 aromatic rings. The quantitative estimate of drug-likeness (QED) is 0.874. The van der Waals surface area contributed by atoms with Gasteiger partial charge in [-0.3, -0.25) is 0 Å². The van der Waals surface area contributed by atoms with E-state index in [1.54, 1.807) is 12.1 Å². The Morgan fingerprint density at radius 3 is 2.75 bits per heavy atom. The van der Waals surface area contributed by atoms with Crippen LogP contribution in [-0.2, 0) is 0 Å². The summed E-state index contributed by atoms with van der Waals surface area (Å²) in [6.45, 7) is 0. The number of pyridine rings is 1. The molecule has 1 aromatic carbocycles. The molecule has 0 radical (unpaired) electrons. The normalized spacial score (nSPS) is 10.1. The fourth-order valence-electron chi connectivity index (χ4n) is 1.18. The van der Waals surface area contributed by atoms with Crippen molar-refractivity contribution >= 4 is 17.4 Å². The maximum Gasteiger partial charge on any atom is 0.146 e. The Morgan fingerprint density at radius 1 is 1.25 bits per heavy atom. The van der Waals surface area contributed by atoms with Crippen LogP contribution in [0.3, 0.4) is 0 Å². The highest BCUT2D eigenvalue weighted by Gasteiger charge is 2.04. The van der Waals surface area contributed by atoms with Crippen LogP contribution in [0, 0.1) is 5.82 Å². The van der Waals surface area contributed by atoms with Gasteiger partial charge in [-0.05, 0) is 24.3 Å². The van der Waals surface area contributed by atoms with Crippen LogP contribution in [0.4, 0.5) is 10.2 Å². The van der Waals surface area contributed by atoms with Gasteiger partial charge in [-0.2, -0.15) is 0 Å². The van der Waals surface area contributed by atoms with Gasteiger partial charge in [0.2, 0.25) is 0 Å². The maximum absolute atomic E-state index is 12.8. The van der Waals surface area contributed by atoms with E-state index in [4.69, 9.17) is 22.1 Å². The van der Waals surface area contributed by atoms with Crippen molar-refractivity contribution in [2.45, 2.75) is 0 Å². The number of nitrogen functional groups attached to an aromatic ring is 1. The van der Waals surface area contributed by atoms with Crippen molar-refractivity contribution < 1.29 is 9.13 Å². The van der Waals surface area contributed by atoms with Gasteiger partial charge in [0.1, 0.15) is 23.1 Å². The summed E-state index contributed by atoms with van der Waals surface area (Å²) in [7, 11) is 0. The standard InChI is InChI=1S/C11H8ClFN2O/c12-9-5-7(13)1-2-10(9)16-8-3-4-15-11(14)6-8/h1-6H,(H2,14,15). The average Bonchev–Trinajstić information content (AvgIpc) is 2.22. The zero-order chi connectivity index (χ0) is 11.5. The van der Waals surface area contributed by atoms with Gasteiger partial charge >= 0.3 is 0 Å². The Morgan fingerprint density at radius 2 is 2.06 bits per heavy atom. The van der Waals surface area contributed by atoms with Crippen LogP contribution >= 0.6 is 11.6 Å². The summed E-state index contributed by atoms with van der Waals surface area (Å²) in [5.74, 6) is 0.803. The Bertz CT molecular complexity index is 519. The first-order valence-corrected chi connectivity index (χ1v) is 4.87.